The average Bonchev–Trinajstić information content (AvgIpc) is 2.48. The van der Waals surface area contributed by atoms with E-state index in [4.69, 9.17) is 4.74 Å². The summed E-state index contributed by atoms with van der Waals surface area (Å²) in [7, 11) is -2.13. The number of rotatable bonds is 5. The van der Waals surface area contributed by atoms with E-state index in [-0.39, 0.29) is 15.9 Å². The molecule has 0 aliphatic rings. The molecular formula is C14H13BrFNO3S. The molecule has 0 aromatic heterocycles. The summed E-state index contributed by atoms with van der Waals surface area (Å²) in [6, 6.07) is 10.6. The molecule has 0 bridgehead atoms. The van der Waals surface area contributed by atoms with Crippen LogP contribution in [0.25, 0.3) is 0 Å². The second-order valence-corrected chi connectivity index (χ2v) is 6.87. The van der Waals surface area contributed by atoms with Gasteiger partial charge in [-0.25, -0.2) is 17.5 Å². The van der Waals surface area contributed by atoms with Gasteiger partial charge in [-0.2, -0.15) is 0 Å². The van der Waals surface area contributed by atoms with Crippen LogP contribution in [0.3, 0.4) is 0 Å². The zero-order valence-electron chi connectivity index (χ0n) is 11.1. The molecular weight excluding hydrogens is 361 g/mol. The van der Waals surface area contributed by atoms with Gasteiger partial charge < -0.3 is 4.74 Å². The maximum atomic E-state index is 13.1. The zero-order chi connectivity index (χ0) is 15.5. The molecule has 0 radical (unpaired) electrons. The van der Waals surface area contributed by atoms with E-state index in [1.807, 2.05) is 0 Å². The van der Waals surface area contributed by atoms with Gasteiger partial charge >= 0.3 is 0 Å². The van der Waals surface area contributed by atoms with Crippen molar-refractivity contribution in [1.82, 2.24) is 4.72 Å². The molecule has 7 heteroatoms. The van der Waals surface area contributed by atoms with Crippen molar-refractivity contribution in [2.24, 2.45) is 0 Å². The number of sulfonamides is 1. The summed E-state index contributed by atoms with van der Waals surface area (Å²) in [5.74, 6) is 0.188. The topological polar surface area (TPSA) is 55.4 Å². The summed E-state index contributed by atoms with van der Waals surface area (Å²) >= 11 is 2.97. The molecule has 0 saturated heterocycles. The third kappa shape index (κ3) is 4.03. The van der Waals surface area contributed by atoms with Crippen LogP contribution in [0.15, 0.2) is 51.8 Å². The Morgan fingerprint density at radius 1 is 1.19 bits per heavy atom. The normalized spacial score (nSPS) is 11.4. The first kappa shape index (κ1) is 15.9. The molecule has 0 spiro atoms. The van der Waals surface area contributed by atoms with Crippen LogP contribution >= 0.6 is 15.9 Å². The van der Waals surface area contributed by atoms with Gasteiger partial charge in [-0.15, -0.1) is 0 Å². The lowest BCUT2D eigenvalue weighted by Gasteiger charge is -2.08. The van der Waals surface area contributed by atoms with Gasteiger partial charge in [0.15, 0.2) is 0 Å². The highest BCUT2D eigenvalue weighted by atomic mass is 79.9. The number of benzene rings is 2. The Labute approximate surface area is 131 Å². The van der Waals surface area contributed by atoms with Gasteiger partial charge in [-0.3, -0.25) is 0 Å². The third-order valence-electron chi connectivity index (χ3n) is 2.83. The molecule has 2 aromatic carbocycles. The van der Waals surface area contributed by atoms with Crippen LogP contribution in [0.5, 0.6) is 5.75 Å². The van der Waals surface area contributed by atoms with E-state index in [2.05, 4.69) is 20.7 Å². The second-order valence-electron chi connectivity index (χ2n) is 4.25. The summed E-state index contributed by atoms with van der Waals surface area (Å²) in [5.41, 5.74) is 0.792. The molecule has 4 nitrogen and oxygen atoms in total. The van der Waals surface area contributed by atoms with Crippen LogP contribution in [0.4, 0.5) is 4.39 Å². The fraction of sp³-hybridized carbons (Fsp3) is 0.143. The van der Waals surface area contributed by atoms with Gasteiger partial charge in [0, 0.05) is 6.54 Å². The maximum absolute atomic E-state index is 13.1. The molecule has 0 heterocycles. The highest BCUT2D eigenvalue weighted by molar-refractivity contribution is 9.10. The number of ether oxygens (including phenoxy) is 1. The molecule has 0 aliphatic heterocycles. The minimum atomic E-state index is -3.69. The monoisotopic (exact) mass is 373 g/mol. The predicted molar refractivity (Wildman–Crippen MR) is 81.1 cm³/mol. The molecule has 1 N–H and O–H groups in total. The SMILES string of the molecule is COc1ccc(CNS(=O)(=O)c2ccc(F)c(Br)c2)cc1. The van der Waals surface area contributed by atoms with Gasteiger partial charge in [0.25, 0.3) is 0 Å². The van der Waals surface area contributed by atoms with Crippen molar-refractivity contribution in [2.75, 3.05) is 7.11 Å². The first-order valence-electron chi connectivity index (χ1n) is 6.00. The van der Waals surface area contributed by atoms with E-state index >= 15 is 0 Å². The second kappa shape index (κ2) is 6.55. The Morgan fingerprint density at radius 3 is 2.43 bits per heavy atom. The van der Waals surface area contributed by atoms with Crippen molar-refractivity contribution < 1.29 is 17.5 Å². The first-order valence-corrected chi connectivity index (χ1v) is 8.27. The maximum Gasteiger partial charge on any atom is 0.240 e. The van der Waals surface area contributed by atoms with Crippen LogP contribution in [0.2, 0.25) is 0 Å². The Hall–Kier alpha value is -1.44. The number of hydrogen-bond acceptors (Lipinski definition) is 3. The quantitative estimate of drug-likeness (QED) is 0.875. The number of halogens is 2. The van der Waals surface area contributed by atoms with E-state index in [0.29, 0.717) is 5.75 Å². The number of nitrogens with one attached hydrogen (secondary N) is 1. The minimum absolute atomic E-state index is 0.00397. The van der Waals surface area contributed by atoms with Gasteiger partial charge in [-0.1, -0.05) is 12.1 Å². The van der Waals surface area contributed by atoms with Gasteiger partial charge in [0.1, 0.15) is 11.6 Å². The van der Waals surface area contributed by atoms with Crippen molar-refractivity contribution in [3.05, 3.63) is 58.3 Å². The standard InChI is InChI=1S/C14H13BrFNO3S/c1-20-11-4-2-10(3-5-11)9-17-21(18,19)12-6-7-14(16)13(15)8-12/h2-8,17H,9H2,1H3. The van der Waals surface area contributed by atoms with Crippen LogP contribution in [0, 0.1) is 5.82 Å². The smallest absolute Gasteiger partial charge is 0.240 e. The molecule has 0 unspecified atom stereocenters. The van der Waals surface area contributed by atoms with Crippen molar-refractivity contribution >= 4 is 26.0 Å². The van der Waals surface area contributed by atoms with Crippen LogP contribution in [-0.4, -0.2) is 15.5 Å². The van der Waals surface area contributed by atoms with E-state index < -0.39 is 15.8 Å². The van der Waals surface area contributed by atoms with Crippen LogP contribution < -0.4 is 9.46 Å². The summed E-state index contributed by atoms with van der Waals surface area (Å²) < 4.78 is 45.0. The van der Waals surface area contributed by atoms with Crippen molar-refractivity contribution in [2.45, 2.75) is 11.4 Å². The highest BCUT2D eigenvalue weighted by Crippen LogP contribution is 2.20. The van der Waals surface area contributed by atoms with E-state index in [1.54, 1.807) is 31.4 Å². The van der Waals surface area contributed by atoms with Gasteiger partial charge in [0.2, 0.25) is 10.0 Å². The van der Waals surface area contributed by atoms with Crippen LogP contribution in [-0.2, 0) is 16.6 Å². The molecule has 2 rings (SSSR count). The fourth-order valence-corrected chi connectivity index (χ4v) is 3.22. The first-order chi connectivity index (χ1) is 9.92. The predicted octanol–water partition coefficient (Wildman–Crippen LogP) is 3.08. The lowest BCUT2D eigenvalue weighted by molar-refractivity contribution is 0.414. The van der Waals surface area contributed by atoms with E-state index in [0.717, 1.165) is 11.6 Å². The van der Waals surface area contributed by atoms with E-state index in [1.165, 1.54) is 12.1 Å². The van der Waals surface area contributed by atoms with Gasteiger partial charge in [0.05, 0.1) is 16.5 Å². The summed E-state index contributed by atoms with van der Waals surface area (Å²) in [5, 5.41) is 0. The average molecular weight is 374 g/mol. The van der Waals surface area contributed by atoms with Gasteiger partial charge in [-0.05, 0) is 51.8 Å². The molecule has 0 aliphatic carbocycles. The molecule has 21 heavy (non-hydrogen) atoms. The fourth-order valence-electron chi connectivity index (χ4n) is 1.65. The lowest BCUT2D eigenvalue weighted by Crippen LogP contribution is -2.23. The van der Waals surface area contributed by atoms with Crippen molar-refractivity contribution in [3.8, 4) is 5.75 Å². The number of hydrogen-bond donors (Lipinski definition) is 1. The molecule has 0 fully saturated rings. The molecule has 0 saturated carbocycles. The van der Waals surface area contributed by atoms with Crippen molar-refractivity contribution in [1.29, 1.82) is 0 Å². The molecule has 2 aromatic rings. The Balaban J connectivity index is 2.11. The van der Waals surface area contributed by atoms with Crippen LogP contribution in [0.1, 0.15) is 5.56 Å². The Bertz CT molecular complexity index is 732. The largest absolute Gasteiger partial charge is 0.497 e. The Kier molecular flexibility index (Phi) is 4.97. The number of methoxy groups -OCH3 is 1. The lowest BCUT2D eigenvalue weighted by atomic mass is 10.2. The summed E-state index contributed by atoms with van der Waals surface area (Å²) in [4.78, 5) is 0.00397. The molecule has 0 atom stereocenters. The van der Waals surface area contributed by atoms with Crippen molar-refractivity contribution in [3.63, 3.8) is 0 Å². The Morgan fingerprint density at radius 2 is 1.86 bits per heavy atom. The molecule has 0 amide bonds. The highest BCUT2D eigenvalue weighted by Gasteiger charge is 2.15. The molecule has 112 valence electrons. The van der Waals surface area contributed by atoms with E-state index in [9.17, 15) is 12.8 Å². The zero-order valence-corrected chi connectivity index (χ0v) is 13.5. The summed E-state index contributed by atoms with van der Waals surface area (Å²) in [6.45, 7) is 0.140. The minimum Gasteiger partial charge on any atom is -0.497 e. The third-order valence-corrected chi connectivity index (χ3v) is 4.83. The summed E-state index contributed by atoms with van der Waals surface area (Å²) in [6.07, 6.45) is 0.